The highest BCUT2D eigenvalue weighted by Gasteiger charge is 2.24. The van der Waals surface area contributed by atoms with Gasteiger partial charge in [0, 0.05) is 12.7 Å². The molecule has 0 aromatic heterocycles. The van der Waals surface area contributed by atoms with E-state index in [1.54, 1.807) is 33.0 Å². The van der Waals surface area contributed by atoms with Crippen LogP contribution in [0.1, 0.15) is 19.4 Å². The summed E-state index contributed by atoms with van der Waals surface area (Å²) in [4.78, 5) is 0.261. The van der Waals surface area contributed by atoms with Gasteiger partial charge < -0.3 is 20.4 Å². The average molecular weight is 426 g/mol. The Labute approximate surface area is 172 Å². The van der Waals surface area contributed by atoms with Crippen LogP contribution in [0.5, 0.6) is 0 Å². The summed E-state index contributed by atoms with van der Waals surface area (Å²) in [6.07, 6.45) is 0. The third kappa shape index (κ3) is 5.18. The second-order valence-electron chi connectivity index (χ2n) is 5.87. The maximum atomic E-state index is 12.8. The van der Waals surface area contributed by atoms with Crippen LogP contribution >= 0.6 is 23.2 Å². The fourth-order valence-corrected chi connectivity index (χ4v) is 4.38. The topological polar surface area (TPSA) is 91.2 Å². The Morgan fingerprint density at radius 3 is 2.11 bits per heavy atom. The first-order valence-corrected chi connectivity index (χ1v) is 10.0. The van der Waals surface area contributed by atoms with Crippen molar-refractivity contribution in [1.82, 2.24) is 10.0 Å². The van der Waals surface area contributed by atoms with Gasteiger partial charge >= 0.3 is 0 Å². The van der Waals surface area contributed by atoms with Crippen molar-refractivity contribution in [2.24, 2.45) is 0 Å². The van der Waals surface area contributed by atoms with E-state index in [0.29, 0.717) is 11.4 Å². The van der Waals surface area contributed by atoms with E-state index in [-0.39, 0.29) is 27.3 Å². The molecule has 8 heteroatoms. The Morgan fingerprint density at radius 1 is 1.11 bits per heavy atom. The molecule has 5 nitrogen and oxygen atoms in total. The van der Waals surface area contributed by atoms with Crippen molar-refractivity contribution >= 4 is 40.3 Å². The molecule has 0 saturated heterocycles. The second-order valence-corrected chi connectivity index (χ2v) is 7.83. The molecule has 0 radical (unpaired) electrons. The van der Waals surface area contributed by atoms with Gasteiger partial charge in [0.1, 0.15) is 27.1 Å². The van der Waals surface area contributed by atoms with Gasteiger partial charge in [-0.15, -0.1) is 0 Å². The number of hydrogen-bond donors (Lipinski definition) is 4. The third-order valence-electron chi connectivity index (χ3n) is 3.97. The maximum Gasteiger partial charge on any atom is 0.216 e. The van der Waals surface area contributed by atoms with Gasteiger partial charge in [0.15, 0.2) is 0 Å². The van der Waals surface area contributed by atoms with Gasteiger partial charge in [0.25, 0.3) is 0 Å². The number of nitrogens with one attached hydrogen (secondary N) is 3. The SMILES string of the molecule is CN/C(C)=C(/N[S+]([O-])c1c(Cl)cc(-c2ccc(CO)cc2)cc1Cl)C(C)=N. The van der Waals surface area contributed by atoms with Crippen LogP contribution < -0.4 is 10.0 Å². The first-order valence-electron chi connectivity index (χ1n) is 8.10. The van der Waals surface area contributed by atoms with E-state index in [0.717, 1.165) is 16.7 Å². The van der Waals surface area contributed by atoms with Crippen molar-refractivity contribution in [1.29, 1.82) is 5.41 Å². The van der Waals surface area contributed by atoms with Crippen LogP contribution in [0.25, 0.3) is 11.1 Å². The number of benzene rings is 2. The summed E-state index contributed by atoms with van der Waals surface area (Å²) in [6, 6.07) is 10.7. The quantitative estimate of drug-likeness (QED) is 0.394. The molecule has 0 aliphatic rings. The highest BCUT2D eigenvalue weighted by Crippen LogP contribution is 2.35. The molecule has 1 atom stereocenters. The standard InChI is InChI=1S/C19H21Cl2N3O2S/c1-11(22)18(12(2)23-3)24-27(26)19-16(20)8-15(9-17(19)21)14-6-4-13(10-25)5-7-14/h4-9,22-25H,10H2,1-3H3/b18-12+,22-11?. The molecule has 0 fully saturated rings. The van der Waals surface area contributed by atoms with Crippen LogP contribution in [0.3, 0.4) is 0 Å². The van der Waals surface area contributed by atoms with Crippen molar-refractivity contribution in [3.8, 4) is 11.1 Å². The van der Waals surface area contributed by atoms with Crippen molar-refractivity contribution in [3.05, 3.63) is 63.4 Å². The fourth-order valence-electron chi connectivity index (χ4n) is 2.41. The van der Waals surface area contributed by atoms with Gasteiger partial charge in [-0.25, -0.2) is 0 Å². The molecule has 0 amide bonds. The Bertz CT molecular complexity index is 847. The second kappa shape index (κ2) is 9.48. The zero-order valence-corrected chi connectivity index (χ0v) is 17.5. The third-order valence-corrected chi connectivity index (χ3v) is 5.99. The Balaban J connectivity index is 2.37. The monoisotopic (exact) mass is 425 g/mol. The summed E-state index contributed by atoms with van der Waals surface area (Å²) in [6.45, 7) is 3.35. The highest BCUT2D eigenvalue weighted by atomic mass is 35.5. The van der Waals surface area contributed by atoms with Gasteiger partial charge in [-0.1, -0.05) is 47.5 Å². The Hall–Kier alpha value is -1.70. The van der Waals surface area contributed by atoms with Crippen molar-refractivity contribution in [3.63, 3.8) is 0 Å². The molecule has 4 N–H and O–H groups in total. The van der Waals surface area contributed by atoms with Crippen molar-refractivity contribution in [2.45, 2.75) is 25.3 Å². The molecular weight excluding hydrogens is 405 g/mol. The van der Waals surface area contributed by atoms with E-state index in [2.05, 4.69) is 10.0 Å². The van der Waals surface area contributed by atoms with Crippen LogP contribution in [0, 0.1) is 5.41 Å². The van der Waals surface area contributed by atoms with E-state index in [4.69, 9.17) is 33.7 Å². The molecule has 2 rings (SSSR count). The average Bonchev–Trinajstić information content (AvgIpc) is 2.64. The molecule has 2 aromatic carbocycles. The lowest BCUT2D eigenvalue weighted by Crippen LogP contribution is -2.30. The van der Waals surface area contributed by atoms with E-state index >= 15 is 0 Å². The smallest absolute Gasteiger partial charge is 0.216 e. The molecule has 1 unspecified atom stereocenters. The summed E-state index contributed by atoms with van der Waals surface area (Å²) in [5.74, 6) is 0. The van der Waals surface area contributed by atoms with Crippen LogP contribution in [-0.4, -0.2) is 22.4 Å². The summed E-state index contributed by atoms with van der Waals surface area (Å²) in [5, 5.41) is 20.5. The van der Waals surface area contributed by atoms with Crippen molar-refractivity contribution < 1.29 is 9.66 Å². The summed E-state index contributed by atoms with van der Waals surface area (Å²) in [7, 11) is 1.72. The van der Waals surface area contributed by atoms with Crippen LogP contribution in [-0.2, 0) is 18.0 Å². The van der Waals surface area contributed by atoms with Gasteiger partial charge in [-0.2, -0.15) is 4.72 Å². The van der Waals surface area contributed by atoms with Gasteiger partial charge in [-0.3, -0.25) is 0 Å². The number of aliphatic hydroxyl groups is 1. The molecule has 0 bridgehead atoms. The lowest BCUT2D eigenvalue weighted by molar-refractivity contribution is 0.282. The van der Waals surface area contributed by atoms with E-state index in [1.807, 2.05) is 24.3 Å². The number of rotatable bonds is 7. The predicted octanol–water partition coefficient (Wildman–Crippen LogP) is 4.26. The van der Waals surface area contributed by atoms with Crippen LogP contribution in [0.15, 0.2) is 52.7 Å². The van der Waals surface area contributed by atoms with Gasteiger partial charge in [-0.05, 0) is 42.7 Å². The maximum absolute atomic E-state index is 12.8. The molecule has 0 aliphatic heterocycles. The van der Waals surface area contributed by atoms with Crippen LogP contribution in [0.2, 0.25) is 10.0 Å². The zero-order chi connectivity index (χ0) is 20.1. The van der Waals surface area contributed by atoms with Crippen molar-refractivity contribution in [2.75, 3.05) is 7.05 Å². The zero-order valence-electron chi connectivity index (χ0n) is 15.2. The predicted molar refractivity (Wildman–Crippen MR) is 113 cm³/mol. The minimum absolute atomic E-state index is 0.0281. The molecule has 0 saturated carbocycles. The Kier molecular flexibility index (Phi) is 7.59. The van der Waals surface area contributed by atoms with E-state index < -0.39 is 11.4 Å². The molecule has 144 valence electrons. The lowest BCUT2D eigenvalue weighted by atomic mass is 10.0. The summed E-state index contributed by atoms with van der Waals surface area (Å²) < 4.78 is 15.6. The molecule has 0 aliphatic carbocycles. The van der Waals surface area contributed by atoms with E-state index in [1.165, 1.54) is 0 Å². The number of hydrogen-bond acceptors (Lipinski definition) is 5. The minimum Gasteiger partial charge on any atom is -0.588 e. The minimum atomic E-state index is -1.73. The molecule has 0 heterocycles. The lowest BCUT2D eigenvalue weighted by Gasteiger charge is -2.18. The van der Waals surface area contributed by atoms with E-state index in [9.17, 15) is 4.55 Å². The van der Waals surface area contributed by atoms with Gasteiger partial charge in [0.05, 0.1) is 12.3 Å². The number of allylic oxidation sites excluding steroid dienone is 2. The largest absolute Gasteiger partial charge is 0.588 e. The van der Waals surface area contributed by atoms with Gasteiger partial charge in [0.2, 0.25) is 4.90 Å². The fraction of sp³-hybridized carbons (Fsp3) is 0.211. The molecule has 27 heavy (non-hydrogen) atoms. The molecule has 0 spiro atoms. The first-order chi connectivity index (χ1) is 12.8. The molecule has 2 aromatic rings. The normalized spacial score (nSPS) is 13.0. The Morgan fingerprint density at radius 2 is 1.67 bits per heavy atom. The summed E-state index contributed by atoms with van der Waals surface area (Å²) in [5.41, 5.74) is 3.81. The number of aliphatic hydroxyl groups excluding tert-OH is 1. The highest BCUT2D eigenvalue weighted by molar-refractivity contribution is 7.90. The van der Waals surface area contributed by atoms with Crippen LogP contribution in [0.4, 0.5) is 0 Å². The number of halogens is 2. The molecular formula is C19H21Cl2N3O2S. The summed E-state index contributed by atoms with van der Waals surface area (Å²) >= 11 is 11.0. The first kappa shape index (κ1) is 21.6.